The maximum Gasteiger partial charge on any atom is 0.294 e. The summed E-state index contributed by atoms with van der Waals surface area (Å²) in [4.78, 5) is 12.9. The Morgan fingerprint density at radius 3 is 2.47 bits per heavy atom. The van der Waals surface area contributed by atoms with E-state index in [1.54, 1.807) is 49.4 Å². The normalized spacial score (nSPS) is 11.7. The first-order chi connectivity index (χ1) is 18.0. The lowest BCUT2D eigenvalue weighted by Crippen LogP contribution is -2.13. The highest BCUT2D eigenvalue weighted by atomic mass is 35.5. The van der Waals surface area contributed by atoms with Crippen molar-refractivity contribution in [3.8, 4) is 11.5 Å². The van der Waals surface area contributed by atoms with Gasteiger partial charge in [-0.15, -0.1) is 10.2 Å². The Bertz CT molecular complexity index is 1710. The summed E-state index contributed by atoms with van der Waals surface area (Å²) in [5.41, 5.74) is 0.312. The fourth-order valence-corrected chi connectivity index (χ4v) is 4.99. The van der Waals surface area contributed by atoms with Crippen molar-refractivity contribution in [2.75, 3.05) is 11.9 Å². The molecule has 12 heteroatoms. The van der Waals surface area contributed by atoms with Gasteiger partial charge in [0.2, 0.25) is 0 Å². The second-order valence-electron chi connectivity index (χ2n) is 8.09. The van der Waals surface area contributed by atoms with Gasteiger partial charge in [0.15, 0.2) is 11.5 Å². The minimum absolute atomic E-state index is 0.0468. The number of phenolic OH excluding ortho intramolecular Hbond substituents is 1. The van der Waals surface area contributed by atoms with E-state index in [0.29, 0.717) is 28.1 Å². The highest BCUT2D eigenvalue weighted by Gasteiger charge is 2.21. The maximum absolute atomic E-state index is 13.3. The van der Waals surface area contributed by atoms with Crippen molar-refractivity contribution in [1.29, 1.82) is 0 Å². The van der Waals surface area contributed by atoms with E-state index in [1.165, 1.54) is 19.1 Å². The van der Waals surface area contributed by atoms with E-state index in [1.807, 2.05) is 0 Å². The first-order valence-electron chi connectivity index (χ1n) is 11.2. The summed E-state index contributed by atoms with van der Waals surface area (Å²) in [5.74, 6) is -0.841. The number of benzene rings is 4. The van der Waals surface area contributed by atoms with Crippen LogP contribution in [-0.4, -0.2) is 30.6 Å². The minimum Gasteiger partial charge on any atom is -0.505 e. The number of hydrogen-bond donors (Lipinski definition) is 3. The number of para-hydroxylation sites is 1. The van der Waals surface area contributed by atoms with Gasteiger partial charge in [0, 0.05) is 5.39 Å². The molecule has 1 amide bonds. The number of aromatic hydroxyl groups is 1. The summed E-state index contributed by atoms with van der Waals surface area (Å²) in [6, 6.07) is 15.6. The van der Waals surface area contributed by atoms with Crippen LogP contribution in [-0.2, 0) is 10.1 Å². The van der Waals surface area contributed by atoms with Crippen LogP contribution in [0.5, 0.6) is 11.5 Å². The number of azo groups is 1. The van der Waals surface area contributed by atoms with E-state index in [2.05, 4.69) is 15.5 Å². The number of rotatable bonds is 7. The smallest absolute Gasteiger partial charge is 0.294 e. The van der Waals surface area contributed by atoms with Crippen molar-refractivity contribution in [3.63, 3.8) is 0 Å². The Morgan fingerprint density at radius 2 is 1.76 bits per heavy atom. The number of amides is 1. The predicted octanol–water partition coefficient (Wildman–Crippen LogP) is 7.47. The van der Waals surface area contributed by atoms with Crippen LogP contribution in [0.15, 0.2) is 75.8 Å². The molecule has 38 heavy (non-hydrogen) atoms. The predicted molar refractivity (Wildman–Crippen MR) is 146 cm³/mol. The lowest BCUT2D eigenvalue weighted by atomic mass is 10.0. The number of halogens is 2. The van der Waals surface area contributed by atoms with Crippen LogP contribution in [0.4, 0.5) is 17.1 Å². The molecule has 0 heterocycles. The van der Waals surface area contributed by atoms with Crippen LogP contribution in [0, 0.1) is 6.92 Å². The molecule has 196 valence electrons. The number of nitrogens with one attached hydrogen (secondary N) is 1. The number of hydrogen-bond acceptors (Lipinski definition) is 7. The van der Waals surface area contributed by atoms with Crippen LogP contribution in [0.1, 0.15) is 22.8 Å². The Morgan fingerprint density at radius 1 is 1.03 bits per heavy atom. The molecule has 4 aromatic carbocycles. The average molecular weight is 574 g/mol. The van der Waals surface area contributed by atoms with Crippen LogP contribution in [0.3, 0.4) is 0 Å². The molecule has 0 aromatic heterocycles. The molecule has 9 nitrogen and oxygen atoms in total. The van der Waals surface area contributed by atoms with Crippen molar-refractivity contribution in [1.82, 2.24) is 0 Å². The zero-order valence-corrected chi connectivity index (χ0v) is 22.4. The van der Waals surface area contributed by atoms with Crippen molar-refractivity contribution < 1.29 is 27.6 Å². The van der Waals surface area contributed by atoms with Gasteiger partial charge in [0.1, 0.15) is 11.4 Å². The summed E-state index contributed by atoms with van der Waals surface area (Å²) >= 11 is 12.4. The van der Waals surface area contributed by atoms with Crippen molar-refractivity contribution in [2.45, 2.75) is 18.7 Å². The van der Waals surface area contributed by atoms with Crippen LogP contribution in [0.2, 0.25) is 10.0 Å². The summed E-state index contributed by atoms with van der Waals surface area (Å²) in [6.07, 6.45) is 0. The second-order valence-corrected chi connectivity index (χ2v) is 10.3. The van der Waals surface area contributed by atoms with E-state index >= 15 is 0 Å². The topological polar surface area (TPSA) is 138 Å². The fraction of sp³-hybridized carbons (Fsp3) is 0.115. The third-order valence-corrected chi connectivity index (χ3v) is 7.12. The third-order valence-electron chi connectivity index (χ3n) is 5.52. The van der Waals surface area contributed by atoms with Crippen LogP contribution >= 0.6 is 23.2 Å². The van der Waals surface area contributed by atoms with Gasteiger partial charge in [-0.05, 0) is 55.1 Å². The largest absolute Gasteiger partial charge is 0.505 e. The molecule has 0 unspecified atom stereocenters. The SMILES string of the molecule is CCOc1c(Cl)cccc1NC(=O)c1cc2ccccc2c(N=Nc2cc(S(=O)(=O)O)c(C)cc2Cl)c1O. The summed E-state index contributed by atoms with van der Waals surface area (Å²) in [7, 11) is -4.54. The number of carbonyl (C=O) groups excluding carboxylic acids is 1. The fourth-order valence-electron chi connectivity index (χ4n) is 3.78. The molecular weight excluding hydrogens is 553 g/mol. The Labute approximate surface area is 228 Å². The molecule has 0 saturated heterocycles. The van der Waals surface area contributed by atoms with Gasteiger partial charge in [-0.2, -0.15) is 8.42 Å². The Hall–Kier alpha value is -3.70. The monoisotopic (exact) mass is 573 g/mol. The minimum atomic E-state index is -4.54. The van der Waals surface area contributed by atoms with Crippen molar-refractivity contribution in [2.24, 2.45) is 10.2 Å². The van der Waals surface area contributed by atoms with Crippen LogP contribution < -0.4 is 10.1 Å². The number of aryl methyl sites for hydroxylation is 1. The molecule has 4 rings (SSSR count). The lowest BCUT2D eigenvalue weighted by Gasteiger charge is -2.14. The molecule has 0 spiro atoms. The van der Waals surface area contributed by atoms with Gasteiger partial charge in [-0.25, -0.2) is 0 Å². The lowest BCUT2D eigenvalue weighted by molar-refractivity contribution is 0.102. The number of carbonyl (C=O) groups is 1. The van der Waals surface area contributed by atoms with Gasteiger partial charge < -0.3 is 15.2 Å². The van der Waals surface area contributed by atoms with Gasteiger partial charge in [-0.3, -0.25) is 9.35 Å². The first-order valence-corrected chi connectivity index (χ1v) is 13.4. The quantitative estimate of drug-likeness (QED) is 0.155. The molecular formula is C26H21Cl2N3O6S. The number of phenols is 1. The second kappa shape index (κ2) is 11.0. The van der Waals surface area contributed by atoms with Gasteiger partial charge in [-0.1, -0.05) is 53.5 Å². The maximum atomic E-state index is 13.3. The van der Waals surface area contributed by atoms with E-state index < -0.39 is 21.8 Å². The van der Waals surface area contributed by atoms with Gasteiger partial charge in [0.05, 0.1) is 32.8 Å². The Balaban J connectivity index is 1.81. The zero-order valence-electron chi connectivity index (χ0n) is 20.1. The van der Waals surface area contributed by atoms with Crippen LogP contribution in [0.25, 0.3) is 10.8 Å². The Kier molecular flexibility index (Phi) is 7.89. The molecule has 4 aromatic rings. The molecule has 0 atom stereocenters. The van der Waals surface area contributed by atoms with Gasteiger partial charge in [0.25, 0.3) is 16.0 Å². The standard InChI is InChI=1S/C26H21Cl2N3O6S/c1-3-37-25-18(27)9-6-10-20(25)29-26(33)17-12-15-7-4-5-8-16(15)23(24(17)32)31-30-21-13-22(38(34,35)36)14(2)11-19(21)28/h4-13,32H,3H2,1-2H3,(H,29,33)(H,34,35,36). The zero-order chi connectivity index (χ0) is 27.6. The molecule has 0 aliphatic heterocycles. The third kappa shape index (κ3) is 5.58. The van der Waals surface area contributed by atoms with Crippen molar-refractivity contribution in [3.05, 3.63) is 81.8 Å². The highest BCUT2D eigenvalue weighted by molar-refractivity contribution is 7.85. The average Bonchev–Trinajstić information content (AvgIpc) is 2.85. The molecule has 0 aliphatic carbocycles. The summed E-state index contributed by atoms with van der Waals surface area (Å²) in [5, 5.41) is 23.4. The van der Waals surface area contributed by atoms with E-state index in [4.69, 9.17) is 27.9 Å². The highest BCUT2D eigenvalue weighted by Crippen LogP contribution is 2.41. The molecule has 3 N–H and O–H groups in total. The molecule has 0 bridgehead atoms. The molecule has 0 saturated carbocycles. The van der Waals surface area contributed by atoms with Crippen molar-refractivity contribution >= 4 is 67.1 Å². The number of nitrogens with zero attached hydrogens (tertiary/aromatic N) is 2. The number of fused-ring (bicyclic) bond motifs is 1. The van der Waals surface area contributed by atoms with E-state index in [0.717, 1.165) is 6.07 Å². The van der Waals surface area contributed by atoms with E-state index in [9.17, 15) is 22.9 Å². The summed E-state index contributed by atoms with van der Waals surface area (Å²) < 4.78 is 38.5. The number of ether oxygens (including phenoxy) is 1. The molecule has 0 radical (unpaired) electrons. The first kappa shape index (κ1) is 27.3. The van der Waals surface area contributed by atoms with E-state index in [-0.39, 0.29) is 38.2 Å². The molecule has 0 fully saturated rings. The number of anilines is 1. The molecule has 0 aliphatic rings. The summed E-state index contributed by atoms with van der Waals surface area (Å²) in [6.45, 7) is 3.56. The van der Waals surface area contributed by atoms with Gasteiger partial charge >= 0.3 is 0 Å².